The van der Waals surface area contributed by atoms with E-state index in [0.717, 1.165) is 0 Å². The summed E-state index contributed by atoms with van der Waals surface area (Å²) in [7, 11) is 0. The van der Waals surface area contributed by atoms with Crippen molar-refractivity contribution in [2.75, 3.05) is 13.2 Å². The Labute approximate surface area is 78.4 Å². The lowest BCUT2D eigenvalue weighted by molar-refractivity contribution is -0.120. The van der Waals surface area contributed by atoms with Gasteiger partial charge in [-0.05, 0) is 12.8 Å². The largest absolute Gasteiger partial charge is 0.480 e. The Morgan fingerprint density at radius 2 is 2.38 bits per heavy atom. The number of aliphatic imine (C=N–C) groups is 1. The van der Waals surface area contributed by atoms with Gasteiger partial charge in [-0.25, -0.2) is 4.99 Å². The number of nitrogens with zero attached hydrogens (tertiary/aromatic N) is 1. The van der Waals surface area contributed by atoms with Crippen molar-refractivity contribution in [2.45, 2.75) is 26.8 Å². The molecular weight excluding hydrogens is 168 g/mol. The maximum Gasteiger partial charge on any atom is 0.242 e. The lowest BCUT2D eigenvalue weighted by Crippen LogP contribution is -2.49. The van der Waals surface area contributed by atoms with E-state index in [4.69, 9.17) is 4.74 Å². The summed E-state index contributed by atoms with van der Waals surface area (Å²) in [6, 6.07) is -0.0544. The van der Waals surface area contributed by atoms with Crippen molar-refractivity contribution in [3.05, 3.63) is 0 Å². The number of ether oxygens (including phenoxy) is 1. The number of rotatable bonds is 2. The van der Waals surface area contributed by atoms with Crippen LogP contribution < -0.4 is 5.32 Å². The van der Waals surface area contributed by atoms with Gasteiger partial charge in [0.25, 0.3) is 0 Å². The summed E-state index contributed by atoms with van der Waals surface area (Å²) in [5.74, 6) is 0.953. The van der Waals surface area contributed by atoms with Crippen LogP contribution >= 0.6 is 0 Å². The average molecular weight is 184 g/mol. The Morgan fingerprint density at radius 1 is 1.69 bits per heavy atom. The van der Waals surface area contributed by atoms with Crippen LogP contribution in [0.25, 0.3) is 0 Å². The summed E-state index contributed by atoms with van der Waals surface area (Å²) < 4.78 is 5.34. The smallest absolute Gasteiger partial charge is 0.242 e. The van der Waals surface area contributed by atoms with E-state index in [-0.39, 0.29) is 18.5 Å². The minimum absolute atomic E-state index is 0.0258. The molecule has 0 radical (unpaired) electrons. The average Bonchev–Trinajstić information content (AvgIpc) is 2.08. The predicted octanol–water partition coefficient (Wildman–Crippen LogP) is 0.576. The van der Waals surface area contributed by atoms with Crippen molar-refractivity contribution >= 4 is 11.8 Å². The van der Waals surface area contributed by atoms with Crippen LogP contribution in [0.4, 0.5) is 0 Å². The highest BCUT2D eigenvalue weighted by Crippen LogP contribution is 2.08. The third kappa shape index (κ3) is 2.44. The van der Waals surface area contributed by atoms with Crippen LogP contribution in [0.2, 0.25) is 0 Å². The van der Waals surface area contributed by atoms with Gasteiger partial charge in [0, 0.05) is 0 Å². The van der Waals surface area contributed by atoms with E-state index in [1.54, 1.807) is 0 Å². The molecular formula is C9H16N2O2. The maximum absolute atomic E-state index is 11.1. The van der Waals surface area contributed by atoms with Crippen LogP contribution in [0.1, 0.15) is 20.8 Å². The maximum atomic E-state index is 11.1. The van der Waals surface area contributed by atoms with Gasteiger partial charge < -0.3 is 10.1 Å². The summed E-state index contributed by atoms with van der Waals surface area (Å²) in [5.41, 5.74) is 0. The second kappa shape index (κ2) is 4.25. The van der Waals surface area contributed by atoms with Gasteiger partial charge in [-0.2, -0.15) is 0 Å². The summed E-state index contributed by atoms with van der Waals surface area (Å²) in [6.45, 7) is 6.77. The Morgan fingerprint density at radius 3 is 2.92 bits per heavy atom. The van der Waals surface area contributed by atoms with E-state index in [0.29, 0.717) is 18.4 Å². The molecule has 0 saturated carbocycles. The molecule has 1 N–H and O–H groups in total. The second-order valence-corrected chi connectivity index (χ2v) is 3.38. The molecule has 4 nitrogen and oxygen atoms in total. The Bertz CT molecular complexity index is 224. The molecule has 1 atom stereocenters. The highest BCUT2D eigenvalue weighted by molar-refractivity contribution is 5.93. The quantitative estimate of drug-likeness (QED) is 0.682. The van der Waals surface area contributed by atoms with Crippen molar-refractivity contribution in [3.8, 4) is 0 Å². The normalized spacial score (nSPS) is 22.6. The summed E-state index contributed by atoms with van der Waals surface area (Å²) >= 11 is 0. The number of amides is 1. The van der Waals surface area contributed by atoms with E-state index in [1.165, 1.54) is 0 Å². The number of nitrogens with one attached hydrogen (secondary N) is 1. The summed E-state index contributed by atoms with van der Waals surface area (Å²) in [4.78, 5) is 15.1. The van der Waals surface area contributed by atoms with E-state index in [2.05, 4.69) is 10.3 Å². The SMILES string of the molecule is CCOC1=NCC(=O)N[C@H]1C(C)C. The van der Waals surface area contributed by atoms with Crippen LogP contribution in [0.15, 0.2) is 4.99 Å². The van der Waals surface area contributed by atoms with Gasteiger partial charge in [-0.3, -0.25) is 4.79 Å². The van der Waals surface area contributed by atoms with E-state index < -0.39 is 0 Å². The Kier molecular flexibility index (Phi) is 3.28. The zero-order chi connectivity index (χ0) is 9.84. The first-order valence-corrected chi connectivity index (χ1v) is 4.61. The molecule has 1 heterocycles. The van der Waals surface area contributed by atoms with Gasteiger partial charge in [0.15, 0.2) is 0 Å². The lowest BCUT2D eigenvalue weighted by Gasteiger charge is -2.26. The zero-order valence-corrected chi connectivity index (χ0v) is 8.33. The Balaban J connectivity index is 2.71. The van der Waals surface area contributed by atoms with Crippen molar-refractivity contribution in [1.82, 2.24) is 5.32 Å². The van der Waals surface area contributed by atoms with Crippen LogP contribution in [0.3, 0.4) is 0 Å². The molecule has 1 aliphatic heterocycles. The fraction of sp³-hybridized carbons (Fsp3) is 0.778. The van der Waals surface area contributed by atoms with Gasteiger partial charge >= 0.3 is 0 Å². The number of hydrogen-bond donors (Lipinski definition) is 1. The van der Waals surface area contributed by atoms with E-state index in [9.17, 15) is 4.79 Å². The summed E-state index contributed by atoms with van der Waals surface area (Å²) in [6.07, 6.45) is 0. The highest BCUT2D eigenvalue weighted by atomic mass is 16.5. The zero-order valence-electron chi connectivity index (χ0n) is 8.33. The van der Waals surface area contributed by atoms with Gasteiger partial charge in [-0.1, -0.05) is 13.8 Å². The van der Waals surface area contributed by atoms with E-state index in [1.807, 2.05) is 20.8 Å². The van der Waals surface area contributed by atoms with Crippen molar-refractivity contribution < 1.29 is 9.53 Å². The van der Waals surface area contributed by atoms with Crippen LogP contribution in [0.5, 0.6) is 0 Å². The Hall–Kier alpha value is -1.06. The van der Waals surface area contributed by atoms with E-state index >= 15 is 0 Å². The molecule has 0 bridgehead atoms. The molecule has 0 aromatic carbocycles. The first-order chi connectivity index (χ1) is 6.15. The molecule has 0 aromatic rings. The first-order valence-electron chi connectivity index (χ1n) is 4.61. The van der Waals surface area contributed by atoms with Gasteiger partial charge in [-0.15, -0.1) is 0 Å². The number of hydrogen-bond acceptors (Lipinski definition) is 3. The molecule has 1 amide bonds. The monoisotopic (exact) mass is 184 g/mol. The number of carbonyl (C=O) groups excluding carboxylic acids is 1. The van der Waals surface area contributed by atoms with Gasteiger partial charge in [0.2, 0.25) is 11.8 Å². The molecule has 4 heteroatoms. The molecule has 1 aliphatic rings. The molecule has 1 rings (SSSR count). The van der Waals surface area contributed by atoms with Crippen molar-refractivity contribution in [1.29, 1.82) is 0 Å². The topological polar surface area (TPSA) is 50.7 Å². The second-order valence-electron chi connectivity index (χ2n) is 3.38. The van der Waals surface area contributed by atoms with Gasteiger partial charge in [0.1, 0.15) is 12.6 Å². The fourth-order valence-electron chi connectivity index (χ4n) is 1.26. The fourth-order valence-corrected chi connectivity index (χ4v) is 1.26. The van der Waals surface area contributed by atoms with Crippen LogP contribution in [0, 0.1) is 5.92 Å². The molecule has 0 aromatic heterocycles. The molecule has 0 fully saturated rings. The standard InChI is InChI=1S/C9H16N2O2/c1-4-13-9-8(6(2)3)11-7(12)5-10-9/h6,8H,4-5H2,1-3H3,(H,11,12)/t8-/m0/s1. The minimum atomic E-state index is -0.0544. The molecule has 0 spiro atoms. The lowest BCUT2D eigenvalue weighted by atomic mass is 10.0. The predicted molar refractivity (Wildman–Crippen MR) is 50.7 cm³/mol. The molecule has 74 valence electrons. The third-order valence-corrected chi connectivity index (χ3v) is 1.92. The molecule has 0 saturated heterocycles. The van der Waals surface area contributed by atoms with Crippen molar-refractivity contribution in [2.24, 2.45) is 10.9 Å². The molecule has 0 unspecified atom stereocenters. The van der Waals surface area contributed by atoms with Crippen LogP contribution in [-0.4, -0.2) is 31.0 Å². The minimum Gasteiger partial charge on any atom is -0.480 e. The van der Waals surface area contributed by atoms with Gasteiger partial charge in [0.05, 0.1) is 6.61 Å². The van der Waals surface area contributed by atoms with Crippen LogP contribution in [-0.2, 0) is 9.53 Å². The third-order valence-electron chi connectivity index (χ3n) is 1.92. The molecule has 13 heavy (non-hydrogen) atoms. The van der Waals surface area contributed by atoms with Crippen molar-refractivity contribution in [3.63, 3.8) is 0 Å². The summed E-state index contributed by atoms with van der Waals surface area (Å²) in [5, 5.41) is 2.86. The first kappa shape index (κ1) is 10.0. The number of carbonyl (C=O) groups is 1. The molecule has 0 aliphatic carbocycles. The highest BCUT2D eigenvalue weighted by Gasteiger charge is 2.26.